The van der Waals surface area contributed by atoms with Gasteiger partial charge in [0.15, 0.2) is 0 Å². The number of hydrogen-bond acceptors (Lipinski definition) is 1. The molecule has 2 aromatic rings. The van der Waals surface area contributed by atoms with E-state index in [0.29, 0.717) is 16.8 Å². The summed E-state index contributed by atoms with van der Waals surface area (Å²) < 4.78 is 26.2. The second-order valence-corrected chi connectivity index (χ2v) is 4.67. The van der Waals surface area contributed by atoms with Gasteiger partial charge in [0.2, 0.25) is 0 Å². The number of rotatable bonds is 3. The molecule has 20 heavy (non-hydrogen) atoms. The van der Waals surface area contributed by atoms with Gasteiger partial charge in [0.05, 0.1) is 5.02 Å². The average Bonchev–Trinajstić information content (AvgIpc) is 2.42. The van der Waals surface area contributed by atoms with Crippen molar-refractivity contribution in [2.75, 3.05) is 0 Å². The first kappa shape index (κ1) is 14.3. The molecule has 0 heterocycles. The summed E-state index contributed by atoms with van der Waals surface area (Å²) in [4.78, 5) is 0. The van der Waals surface area contributed by atoms with E-state index in [1.165, 1.54) is 24.3 Å². The molecule has 102 valence electrons. The molecule has 0 atom stereocenters. The molecule has 0 spiro atoms. The van der Waals surface area contributed by atoms with E-state index in [4.69, 9.17) is 17.3 Å². The lowest BCUT2D eigenvalue weighted by molar-refractivity contribution is 0.627. The van der Waals surface area contributed by atoms with Crippen LogP contribution in [-0.2, 0) is 0 Å². The molecule has 2 N–H and O–H groups in total. The maximum absolute atomic E-state index is 13.4. The van der Waals surface area contributed by atoms with Crippen molar-refractivity contribution in [1.82, 2.24) is 0 Å². The number of halogens is 3. The molecule has 0 radical (unpaired) electrons. The summed E-state index contributed by atoms with van der Waals surface area (Å²) in [7, 11) is 0. The van der Waals surface area contributed by atoms with Crippen molar-refractivity contribution >= 4 is 22.9 Å². The minimum atomic E-state index is -0.534. The van der Waals surface area contributed by atoms with Crippen LogP contribution in [0.15, 0.2) is 55.1 Å². The Kier molecular flexibility index (Phi) is 4.20. The smallest absolute Gasteiger partial charge is 0.142 e. The van der Waals surface area contributed by atoms with Crippen molar-refractivity contribution in [1.29, 1.82) is 0 Å². The quantitative estimate of drug-likeness (QED) is 0.820. The molecule has 0 saturated heterocycles. The SMILES string of the molecule is C=C(/C=C(\N)c1ccc(Cl)c(F)c1)c1ccc(F)cc1. The highest BCUT2D eigenvalue weighted by Crippen LogP contribution is 2.22. The standard InChI is InChI=1S/C16H12ClF2N/c1-10(11-2-5-13(18)6-3-11)8-16(20)12-4-7-14(17)15(19)9-12/h2-9H,1,20H2/b16-8-. The van der Waals surface area contributed by atoms with E-state index in [1.807, 2.05) is 0 Å². The van der Waals surface area contributed by atoms with Gasteiger partial charge >= 0.3 is 0 Å². The Balaban J connectivity index is 2.27. The van der Waals surface area contributed by atoms with Gasteiger partial charge in [-0.3, -0.25) is 0 Å². The fourth-order valence-electron chi connectivity index (χ4n) is 1.69. The lowest BCUT2D eigenvalue weighted by atomic mass is 10.0. The van der Waals surface area contributed by atoms with E-state index in [-0.39, 0.29) is 10.8 Å². The first-order chi connectivity index (χ1) is 9.47. The summed E-state index contributed by atoms with van der Waals surface area (Å²) in [5, 5.41) is 0.0407. The molecule has 0 aliphatic rings. The molecule has 0 amide bonds. The topological polar surface area (TPSA) is 26.0 Å². The van der Waals surface area contributed by atoms with Crippen molar-refractivity contribution < 1.29 is 8.78 Å². The summed E-state index contributed by atoms with van der Waals surface area (Å²) in [6.07, 6.45) is 1.61. The van der Waals surface area contributed by atoms with Crippen molar-refractivity contribution in [3.8, 4) is 0 Å². The van der Waals surface area contributed by atoms with E-state index in [9.17, 15) is 8.78 Å². The highest BCUT2D eigenvalue weighted by atomic mass is 35.5. The van der Waals surface area contributed by atoms with E-state index in [2.05, 4.69) is 6.58 Å². The summed E-state index contributed by atoms with van der Waals surface area (Å²) >= 11 is 5.61. The molecular formula is C16H12ClF2N. The molecule has 0 saturated carbocycles. The zero-order valence-electron chi connectivity index (χ0n) is 10.5. The van der Waals surface area contributed by atoms with Gasteiger partial charge in [0.25, 0.3) is 0 Å². The lowest BCUT2D eigenvalue weighted by Gasteiger charge is -2.05. The van der Waals surface area contributed by atoms with Crippen LogP contribution in [0.1, 0.15) is 11.1 Å². The van der Waals surface area contributed by atoms with Crippen LogP contribution in [0.5, 0.6) is 0 Å². The Morgan fingerprint density at radius 3 is 2.25 bits per heavy atom. The third-order valence-corrected chi connectivity index (χ3v) is 3.10. The van der Waals surface area contributed by atoms with Crippen LogP contribution in [-0.4, -0.2) is 0 Å². The highest BCUT2D eigenvalue weighted by Gasteiger charge is 2.04. The predicted octanol–water partition coefficient (Wildman–Crippen LogP) is 4.63. The van der Waals surface area contributed by atoms with Crippen molar-refractivity contribution in [2.24, 2.45) is 5.73 Å². The van der Waals surface area contributed by atoms with Gasteiger partial charge < -0.3 is 5.73 Å². The summed E-state index contributed by atoms with van der Waals surface area (Å²) in [6, 6.07) is 10.2. The molecule has 2 rings (SSSR count). The van der Waals surface area contributed by atoms with Crippen LogP contribution in [0.3, 0.4) is 0 Å². The minimum absolute atomic E-state index is 0.0407. The number of allylic oxidation sites excluding steroid dienone is 2. The van der Waals surface area contributed by atoms with Gasteiger partial charge in [-0.2, -0.15) is 0 Å². The fourth-order valence-corrected chi connectivity index (χ4v) is 1.81. The van der Waals surface area contributed by atoms with Gasteiger partial charge in [0.1, 0.15) is 11.6 Å². The Hall–Kier alpha value is -2.13. The zero-order valence-corrected chi connectivity index (χ0v) is 11.3. The van der Waals surface area contributed by atoms with Gasteiger partial charge in [0, 0.05) is 11.3 Å². The number of benzene rings is 2. The van der Waals surface area contributed by atoms with Crippen LogP contribution in [0.2, 0.25) is 5.02 Å². The molecule has 0 aliphatic carbocycles. The zero-order chi connectivity index (χ0) is 14.7. The van der Waals surface area contributed by atoms with Crippen molar-refractivity contribution in [3.63, 3.8) is 0 Å². The highest BCUT2D eigenvalue weighted by molar-refractivity contribution is 6.30. The Morgan fingerprint density at radius 2 is 1.65 bits per heavy atom. The van der Waals surface area contributed by atoms with Gasteiger partial charge in [-0.05, 0) is 41.5 Å². The van der Waals surface area contributed by atoms with Crippen LogP contribution < -0.4 is 5.73 Å². The Morgan fingerprint density at radius 1 is 1.05 bits per heavy atom. The summed E-state index contributed by atoms with van der Waals surface area (Å²) in [5.74, 6) is -0.855. The average molecular weight is 292 g/mol. The summed E-state index contributed by atoms with van der Waals surface area (Å²) in [5.41, 5.74) is 8.11. The second kappa shape index (κ2) is 5.88. The molecule has 1 nitrogen and oxygen atoms in total. The molecule has 0 aliphatic heterocycles. The first-order valence-electron chi connectivity index (χ1n) is 5.85. The minimum Gasteiger partial charge on any atom is -0.398 e. The number of hydrogen-bond donors (Lipinski definition) is 1. The third kappa shape index (κ3) is 3.25. The van der Waals surface area contributed by atoms with Gasteiger partial charge in [-0.1, -0.05) is 36.4 Å². The van der Waals surface area contributed by atoms with Crippen molar-refractivity contribution in [3.05, 3.63) is 82.9 Å². The molecule has 0 unspecified atom stereocenters. The number of nitrogens with two attached hydrogens (primary N) is 1. The van der Waals surface area contributed by atoms with E-state index >= 15 is 0 Å². The largest absolute Gasteiger partial charge is 0.398 e. The Bertz CT molecular complexity index is 675. The molecule has 2 aromatic carbocycles. The maximum atomic E-state index is 13.4. The van der Waals surface area contributed by atoms with Crippen LogP contribution in [0.25, 0.3) is 11.3 Å². The summed E-state index contributed by atoms with van der Waals surface area (Å²) in [6.45, 7) is 3.86. The van der Waals surface area contributed by atoms with Crippen LogP contribution in [0, 0.1) is 11.6 Å². The first-order valence-corrected chi connectivity index (χ1v) is 6.22. The predicted molar refractivity (Wildman–Crippen MR) is 79.0 cm³/mol. The molecule has 0 aromatic heterocycles. The third-order valence-electron chi connectivity index (χ3n) is 2.80. The molecule has 0 fully saturated rings. The lowest BCUT2D eigenvalue weighted by Crippen LogP contribution is -1.97. The van der Waals surface area contributed by atoms with Gasteiger partial charge in [-0.15, -0.1) is 0 Å². The molecular weight excluding hydrogens is 280 g/mol. The Labute approximate surface area is 121 Å². The van der Waals surface area contributed by atoms with E-state index < -0.39 is 5.82 Å². The van der Waals surface area contributed by atoms with Crippen LogP contribution >= 0.6 is 11.6 Å². The van der Waals surface area contributed by atoms with E-state index in [1.54, 1.807) is 24.3 Å². The van der Waals surface area contributed by atoms with E-state index in [0.717, 1.165) is 5.56 Å². The second-order valence-electron chi connectivity index (χ2n) is 4.26. The monoisotopic (exact) mass is 291 g/mol. The maximum Gasteiger partial charge on any atom is 0.142 e. The van der Waals surface area contributed by atoms with Gasteiger partial charge in [-0.25, -0.2) is 8.78 Å². The molecule has 0 bridgehead atoms. The van der Waals surface area contributed by atoms with Crippen molar-refractivity contribution in [2.45, 2.75) is 0 Å². The van der Waals surface area contributed by atoms with Crippen LogP contribution in [0.4, 0.5) is 8.78 Å². The molecule has 4 heteroatoms. The normalized spacial score (nSPS) is 11.4. The fraction of sp³-hybridized carbons (Fsp3) is 0.